The molecule has 0 saturated carbocycles. The van der Waals surface area contributed by atoms with E-state index >= 15 is 0 Å². The van der Waals surface area contributed by atoms with Crippen molar-refractivity contribution in [3.8, 4) is 0 Å². The van der Waals surface area contributed by atoms with Gasteiger partial charge in [-0.2, -0.15) is 0 Å². The maximum absolute atomic E-state index is 12.3. The molecular formula is C14H21ClN2O2. The number of nitrogens with zero attached hydrogens (tertiary/aromatic N) is 1. The number of ether oxygens (including phenoxy) is 1. The van der Waals surface area contributed by atoms with Gasteiger partial charge in [0.1, 0.15) is 6.04 Å². The highest BCUT2D eigenvalue weighted by Gasteiger charge is 2.27. The normalized spacial score (nSPS) is 20.5. The lowest BCUT2D eigenvalue weighted by atomic mass is 10.1. The summed E-state index contributed by atoms with van der Waals surface area (Å²) in [6.07, 6.45) is 1.07. The molecular weight excluding hydrogens is 264 g/mol. The van der Waals surface area contributed by atoms with Crippen LogP contribution < -0.4 is 5.73 Å². The van der Waals surface area contributed by atoms with Crippen LogP contribution in [0.25, 0.3) is 0 Å². The molecule has 1 aromatic carbocycles. The molecule has 1 heterocycles. The third-order valence-corrected chi connectivity index (χ3v) is 3.33. The molecule has 2 unspecified atom stereocenters. The van der Waals surface area contributed by atoms with Gasteiger partial charge in [-0.15, -0.1) is 12.4 Å². The summed E-state index contributed by atoms with van der Waals surface area (Å²) in [6.45, 7) is 3.95. The van der Waals surface area contributed by atoms with E-state index in [1.165, 1.54) is 0 Å². The number of benzene rings is 1. The van der Waals surface area contributed by atoms with E-state index in [0.717, 1.165) is 12.0 Å². The minimum Gasteiger partial charge on any atom is -0.375 e. The third kappa shape index (κ3) is 3.93. The van der Waals surface area contributed by atoms with Gasteiger partial charge in [-0.1, -0.05) is 37.3 Å². The van der Waals surface area contributed by atoms with Crippen LogP contribution in [0.3, 0.4) is 0 Å². The van der Waals surface area contributed by atoms with Crippen LogP contribution in [0.2, 0.25) is 0 Å². The molecule has 0 bridgehead atoms. The van der Waals surface area contributed by atoms with Crippen LogP contribution in [0.5, 0.6) is 0 Å². The van der Waals surface area contributed by atoms with E-state index in [0.29, 0.717) is 19.7 Å². The fourth-order valence-electron chi connectivity index (χ4n) is 2.17. The van der Waals surface area contributed by atoms with E-state index in [1.54, 1.807) is 0 Å². The third-order valence-electron chi connectivity index (χ3n) is 3.33. The number of amides is 1. The van der Waals surface area contributed by atoms with E-state index < -0.39 is 6.04 Å². The molecule has 0 aromatic heterocycles. The number of hydrogen-bond donors (Lipinski definition) is 1. The molecule has 2 atom stereocenters. The summed E-state index contributed by atoms with van der Waals surface area (Å²) in [5.74, 6) is -0.0112. The number of rotatable bonds is 3. The SMILES string of the molecule is CCC1CN(C(=O)C(N)c2ccccc2)CCO1.Cl. The van der Waals surface area contributed by atoms with Gasteiger partial charge in [-0.25, -0.2) is 0 Å². The first kappa shape index (κ1) is 16.0. The molecule has 1 fully saturated rings. The minimum atomic E-state index is -0.568. The van der Waals surface area contributed by atoms with Crippen molar-refractivity contribution in [1.82, 2.24) is 4.90 Å². The maximum atomic E-state index is 12.3. The van der Waals surface area contributed by atoms with Crippen molar-refractivity contribution < 1.29 is 9.53 Å². The Morgan fingerprint density at radius 1 is 1.47 bits per heavy atom. The number of halogens is 1. The Balaban J connectivity index is 0.00000180. The quantitative estimate of drug-likeness (QED) is 0.920. The molecule has 19 heavy (non-hydrogen) atoms. The van der Waals surface area contributed by atoms with Crippen molar-refractivity contribution in [3.05, 3.63) is 35.9 Å². The van der Waals surface area contributed by atoms with Gasteiger partial charge < -0.3 is 15.4 Å². The molecule has 4 nitrogen and oxygen atoms in total. The van der Waals surface area contributed by atoms with E-state index in [4.69, 9.17) is 10.5 Å². The fraction of sp³-hybridized carbons (Fsp3) is 0.500. The standard InChI is InChI=1S/C14H20N2O2.ClH/c1-2-12-10-16(8-9-18-12)14(17)13(15)11-6-4-3-5-7-11;/h3-7,12-13H,2,8-10,15H2,1H3;1H. The monoisotopic (exact) mass is 284 g/mol. The Kier molecular flexibility index (Phi) is 6.28. The van der Waals surface area contributed by atoms with E-state index in [1.807, 2.05) is 35.2 Å². The molecule has 0 spiro atoms. The second kappa shape index (κ2) is 7.48. The Hall–Kier alpha value is -1.10. The molecule has 1 aliphatic heterocycles. The Morgan fingerprint density at radius 2 is 2.16 bits per heavy atom. The summed E-state index contributed by atoms with van der Waals surface area (Å²) in [5, 5.41) is 0. The first-order valence-electron chi connectivity index (χ1n) is 6.43. The molecule has 2 N–H and O–H groups in total. The highest BCUT2D eigenvalue weighted by atomic mass is 35.5. The first-order chi connectivity index (χ1) is 8.72. The van der Waals surface area contributed by atoms with Gasteiger partial charge in [0.2, 0.25) is 5.91 Å². The first-order valence-corrected chi connectivity index (χ1v) is 6.43. The maximum Gasteiger partial charge on any atom is 0.244 e. The lowest BCUT2D eigenvalue weighted by Crippen LogP contribution is -2.48. The zero-order chi connectivity index (χ0) is 13.0. The summed E-state index contributed by atoms with van der Waals surface area (Å²) < 4.78 is 5.56. The zero-order valence-electron chi connectivity index (χ0n) is 11.1. The van der Waals surface area contributed by atoms with Crippen molar-refractivity contribution in [2.45, 2.75) is 25.5 Å². The highest BCUT2D eigenvalue weighted by molar-refractivity contribution is 5.85. The van der Waals surface area contributed by atoms with E-state index in [-0.39, 0.29) is 24.4 Å². The average Bonchev–Trinajstić information content (AvgIpc) is 2.46. The van der Waals surface area contributed by atoms with Gasteiger partial charge in [0.25, 0.3) is 0 Å². The number of carbonyl (C=O) groups excluding carboxylic acids is 1. The summed E-state index contributed by atoms with van der Waals surface area (Å²) in [4.78, 5) is 14.1. The lowest BCUT2D eigenvalue weighted by molar-refractivity contribution is -0.140. The van der Waals surface area contributed by atoms with Crippen LogP contribution in [0.15, 0.2) is 30.3 Å². The van der Waals surface area contributed by atoms with Gasteiger partial charge in [-0.05, 0) is 12.0 Å². The Labute approximate surface area is 120 Å². The van der Waals surface area contributed by atoms with Crippen LogP contribution in [0, 0.1) is 0 Å². The van der Waals surface area contributed by atoms with Crippen molar-refractivity contribution in [2.75, 3.05) is 19.7 Å². The van der Waals surface area contributed by atoms with E-state index in [9.17, 15) is 4.79 Å². The molecule has 0 aliphatic carbocycles. The molecule has 0 radical (unpaired) electrons. The molecule has 2 rings (SSSR count). The molecule has 1 aliphatic rings. The van der Waals surface area contributed by atoms with Gasteiger partial charge in [0.15, 0.2) is 0 Å². The lowest BCUT2D eigenvalue weighted by Gasteiger charge is -2.34. The number of nitrogens with two attached hydrogens (primary N) is 1. The summed E-state index contributed by atoms with van der Waals surface area (Å²) in [5.41, 5.74) is 6.89. The molecule has 1 amide bonds. The van der Waals surface area contributed by atoms with Crippen LogP contribution in [0.4, 0.5) is 0 Å². The fourth-order valence-corrected chi connectivity index (χ4v) is 2.17. The summed E-state index contributed by atoms with van der Waals surface area (Å²) in [6, 6.07) is 8.93. The van der Waals surface area contributed by atoms with Gasteiger partial charge in [0, 0.05) is 13.1 Å². The zero-order valence-corrected chi connectivity index (χ0v) is 11.9. The Morgan fingerprint density at radius 3 is 2.79 bits per heavy atom. The second-order valence-electron chi connectivity index (χ2n) is 4.57. The number of carbonyl (C=O) groups is 1. The van der Waals surface area contributed by atoms with E-state index in [2.05, 4.69) is 6.92 Å². The summed E-state index contributed by atoms with van der Waals surface area (Å²) in [7, 11) is 0. The molecule has 1 aromatic rings. The molecule has 5 heteroatoms. The van der Waals surface area contributed by atoms with Crippen LogP contribution >= 0.6 is 12.4 Å². The smallest absolute Gasteiger partial charge is 0.244 e. The average molecular weight is 285 g/mol. The van der Waals surface area contributed by atoms with Gasteiger partial charge >= 0.3 is 0 Å². The van der Waals surface area contributed by atoms with Crippen molar-refractivity contribution in [2.24, 2.45) is 5.73 Å². The van der Waals surface area contributed by atoms with Crippen LogP contribution in [-0.2, 0) is 9.53 Å². The summed E-state index contributed by atoms with van der Waals surface area (Å²) >= 11 is 0. The molecule has 106 valence electrons. The topological polar surface area (TPSA) is 55.6 Å². The molecule has 1 saturated heterocycles. The minimum absolute atomic E-state index is 0. The largest absolute Gasteiger partial charge is 0.375 e. The van der Waals surface area contributed by atoms with Crippen molar-refractivity contribution in [3.63, 3.8) is 0 Å². The van der Waals surface area contributed by atoms with Gasteiger partial charge in [0.05, 0.1) is 12.7 Å². The predicted molar refractivity (Wildman–Crippen MR) is 77.2 cm³/mol. The predicted octanol–water partition coefficient (Wildman–Crippen LogP) is 1.75. The van der Waals surface area contributed by atoms with Crippen LogP contribution in [-0.4, -0.2) is 36.6 Å². The highest BCUT2D eigenvalue weighted by Crippen LogP contribution is 2.16. The van der Waals surface area contributed by atoms with Crippen LogP contribution in [0.1, 0.15) is 24.9 Å². The Bertz CT molecular complexity index is 400. The number of hydrogen-bond acceptors (Lipinski definition) is 3. The van der Waals surface area contributed by atoms with Gasteiger partial charge in [-0.3, -0.25) is 4.79 Å². The second-order valence-corrected chi connectivity index (χ2v) is 4.57. The van der Waals surface area contributed by atoms with Crippen molar-refractivity contribution >= 4 is 18.3 Å². The van der Waals surface area contributed by atoms with Crippen molar-refractivity contribution in [1.29, 1.82) is 0 Å². The number of morpholine rings is 1.